The second kappa shape index (κ2) is 8.20. The van der Waals surface area contributed by atoms with Gasteiger partial charge >= 0.3 is 6.18 Å². The third-order valence-corrected chi connectivity index (χ3v) is 4.79. The minimum absolute atomic E-state index is 0.0625. The van der Waals surface area contributed by atoms with Gasteiger partial charge in [-0.1, -0.05) is 72.3 Å². The number of pyridine rings is 1. The summed E-state index contributed by atoms with van der Waals surface area (Å²) in [5.41, 5.74) is 1.00. The second-order valence-corrected chi connectivity index (χ2v) is 7.08. The van der Waals surface area contributed by atoms with E-state index in [1.165, 1.54) is 6.07 Å². The number of benzene rings is 3. The van der Waals surface area contributed by atoms with Crippen LogP contribution in [-0.2, 0) is 6.18 Å². The normalized spacial score (nSPS) is 11.3. The first-order chi connectivity index (χ1) is 14.4. The molecule has 0 saturated heterocycles. The largest absolute Gasteiger partial charge is 0.420 e. The van der Waals surface area contributed by atoms with Gasteiger partial charge in [0.15, 0.2) is 0 Å². The standard InChI is InChI=1S/C24H16ClF3N2/c25-18-13-11-17(12-14-18)23-22(24(26,27)28)21(29-19-9-5-2-6-10-19)15-20(30-23)16-7-3-1-4-8-16/h1-15H,(H,29,30). The van der Waals surface area contributed by atoms with E-state index in [4.69, 9.17) is 11.6 Å². The monoisotopic (exact) mass is 424 g/mol. The minimum atomic E-state index is -4.62. The Morgan fingerprint density at radius 2 is 1.33 bits per heavy atom. The lowest BCUT2D eigenvalue weighted by Gasteiger charge is -2.20. The number of halogens is 4. The summed E-state index contributed by atoms with van der Waals surface area (Å²) >= 11 is 5.94. The number of hydrogen-bond donors (Lipinski definition) is 1. The molecule has 0 atom stereocenters. The molecule has 0 aliphatic heterocycles. The minimum Gasteiger partial charge on any atom is -0.355 e. The maximum atomic E-state index is 14.2. The molecular weight excluding hydrogens is 409 g/mol. The first-order valence-electron chi connectivity index (χ1n) is 9.17. The molecule has 3 aromatic carbocycles. The zero-order valence-corrected chi connectivity index (χ0v) is 16.4. The van der Waals surface area contributed by atoms with E-state index in [0.717, 1.165) is 5.56 Å². The molecule has 0 fully saturated rings. The highest BCUT2D eigenvalue weighted by atomic mass is 35.5. The Morgan fingerprint density at radius 3 is 1.93 bits per heavy atom. The molecule has 30 heavy (non-hydrogen) atoms. The molecule has 0 amide bonds. The van der Waals surface area contributed by atoms with Crippen LogP contribution >= 0.6 is 11.6 Å². The fourth-order valence-electron chi connectivity index (χ4n) is 3.18. The molecule has 0 saturated carbocycles. The van der Waals surface area contributed by atoms with Gasteiger partial charge in [0.05, 0.1) is 17.1 Å². The van der Waals surface area contributed by atoms with Crippen LogP contribution in [0.25, 0.3) is 22.5 Å². The van der Waals surface area contributed by atoms with Crippen molar-refractivity contribution in [2.45, 2.75) is 6.18 Å². The maximum Gasteiger partial charge on any atom is 0.420 e. The van der Waals surface area contributed by atoms with Crippen molar-refractivity contribution in [3.05, 3.63) is 102 Å². The molecule has 0 unspecified atom stereocenters. The Balaban J connectivity index is 1.98. The topological polar surface area (TPSA) is 24.9 Å². The van der Waals surface area contributed by atoms with Gasteiger partial charge in [0.25, 0.3) is 0 Å². The fraction of sp³-hybridized carbons (Fsp3) is 0.0417. The van der Waals surface area contributed by atoms with E-state index in [2.05, 4.69) is 10.3 Å². The van der Waals surface area contributed by atoms with Crippen molar-refractivity contribution in [3.8, 4) is 22.5 Å². The van der Waals surface area contributed by atoms with E-state index in [9.17, 15) is 13.2 Å². The lowest BCUT2D eigenvalue weighted by atomic mass is 10.0. The van der Waals surface area contributed by atoms with E-state index >= 15 is 0 Å². The van der Waals surface area contributed by atoms with Crippen LogP contribution in [0.4, 0.5) is 24.5 Å². The number of para-hydroxylation sites is 1. The van der Waals surface area contributed by atoms with Crippen molar-refractivity contribution in [3.63, 3.8) is 0 Å². The average Bonchev–Trinajstić information content (AvgIpc) is 2.74. The van der Waals surface area contributed by atoms with Crippen LogP contribution in [0.3, 0.4) is 0 Å². The number of rotatable bonds is 4. The lowest BCUT2D eigenvalue weighted by Crippen LogP contribution is -2.13. The third-order valence-electron chi connectivity index (χ3n) is 4.54. The first-order valence-corrected chi connectivity index (χ1v) is 9.55. The molecule has 6 heteroatoms. The average molecular weight is 425 g/mol. The van der Waals surface area contributed by atoms with E-state index in [0.29, 0.717) is 22.0 Å². The molecule has 150 valence electrons. The van der Waals surface area contributed by atoms with Crippen LogP contribution in [0, 0.1) is 0 Å². The predicted molar refractivity (Wildman–Crippen MR) is 115 cm³/mol. The van der Waals surface area contributed by atoms with Crippen molar-refractivity contribution in [1.82, 2.24) is 4.98 Å². The third kappa shape index (κ3) is 4.31. The smallest absolute Gasteiger partial charge is 0.355 e. The Morgan fingerprint density at radius 1 is 0.733 bits per heavy atom. The number of alkyl halides is 3. The summed E-state index contributed by atoms with van der Waals surface area (Å²) in [6.45, 7) is 0. The summed E-state index contributed by atoms with van der Waals surface area (Å²) in [6, 6.07) is 25.5. The molecule has 1 N–H and O–H groups in total. The van der Waals surface area contributed by atoms with Crippen molar-refractivity contribution in [1.29, 1.82) is 0 Å². The van der Waals surface area contributed by atoms with Crippen LogP contribution in [0.2, 0.25) is 5.02 Å². The van der Waals surface area contributed by atoms with Crippen LogP contribution < -0.4 is 5.32 Å². The molecule has 0 bridgehead atoms. The highest BCUT2D eigenvalue weighted by Crippen LogP contribution is 2.43. The van der Waals surface area contributed by atoms with Gasteiger partial charge in [-0.3, -0.25) is 0 Å². The lowest BCUT2D eigenvalue weighted by molar-refractivity contribution is -0.136. The second-order valence-electron chi connectivity index (χ2n) is 6.64. The van der Waals surface area contributed by atoms with E-state index < -0.39 is 11.7 Å². The summed E-state index contributed by atoms with van der Waals surface area (Å²) in [5.74, 6) is 0. The number of aromatic nitrogens is 1. The van der Waals surface area contributed by atoms with Crippen molar-refractivity contribution >= 4 is 23.0 Å². The van der Waals surface area contributed by atoms with Crippen LogP contribution in [0.5, 0.6) is 0 Å². The maximum absolute atomic E-state index is 14.2. The fourth-order valence-corrected chi connectivity index (χ4v) is 3.31. The van der Waals surface area contributed by atoms with Crippen molar-refractivity contribution in [2.24, 2.45) is 0 Å². The van der Waals surface area contributed by atoms with Gasteiger partial charge in [-0.25, -0.2) is 4.98 Å². The van der Waals surface area contributed by atoms with Crippen molar-refractivity contribution in [2.75, 3.05) is 5.32 Å². The zero-order valence-electron chi connectivity index (χ0n) is 15.6. The van der Waals surface area contributed by atoms with E-state index in [-0.39, 0.29) is 11.4 Å². The Kier molecular flexibility index (Phi) is 5.46. The number of nitrogens with one attached hydrogen (secondary N) is 1. The Hall–Kier alpha value is -3.31. The SMILES string of the molecule is FC(F)(F)c1c(Nc2ccccc2)cc(-c2ccccc2)nc1-c1ccc(Cl)cc1. The zero-order chi connectivity index (χ0) is 21.1. The molecule has 0 aliphatic carbocycles. The van der Waals surface area contributed by atoms with Gasteiger partial charge in [-0.2, -0.15) is 13.2 Å². The Labute approximate surface area is 177 Å². The summed E-state index contributed by atoms with van der Waals surface area (Å²) < 4.78 is 42.6. The highest BCUT2D eigenvalue weighted by molar-refractivity contribution is 6.30. The number of nitrogens with zero attached hydrogens (tertiary/aromatic N) is 1. The summed E-state index contributed by atoms with van der Waals surface area (Å²) in [4.78, 5) is 4.41. The van der Waals surface area contributed by atoms with Crippen LogP contribution in [0.1, 0.15) is 5.56 Å². The van der Waals surface area contributed by atoms with Gasteiger partial charge in [0.2, 0.25) is 0 Å². The van der Waals surface area contributed by atoms with Gasteiger partial charge in [-0.15, -0.1) is 0 Å². The summed E-state index contributed by atoms with van der Waals surface area (Å²) in [6.07, 6.45) is -4.62. The molecule has 1 aromatic heterocycles. The molecule has 2 nitrogen and oxygen atoms in total. The first kappa shape index (κ1) is 20.0. The van der Waals surface area contributed by atoms with Gasteiger partial charge in [-0.05, 0) is 30.3 Å². The molecule has 1 heterocycles. The van der Waals surface area contributed by atoms with Gasteiger partial charge in [0, 0.05) is 21.8 Å². The molecule has 0 aliphatic rings. The number of anilines is 2. The quantitative estimate of drug-likeness (QED) is 0.361. The van der Waals surface area contributed by atoms with Gasteiger partial charge in [0.1, 0.15) is 5.56 Å². The van der Waals surface area contributed by atoms with Crippen LogP contribution in [-0.4, -0.2) is 4.98 Å². The molecule has 0 radical (unpaired) electrons. The molecule has 4 rings (SSSR count). The molecular formula is C24H16ClF3N2. The van der Waals surface area contributed by atoms with E-state index in [1.807, 2.05) is 30.3 Å². The summed E-state index contributed by atoms with van der Waals surface area (Å²) in [5, 5.41) is 3.36. The van der Waals surface area contributed by atoms with E-state index in [1.54, 1.807) is 54.6 Å². The molecule has 0 spiro atoms. The van der Waals surface area contributed by atoms with Crippen molar-refractivity contribution < 1.29 is 13.2 Å². The molecule has 4 aromatic rings. The summed E-state index contributed by atoms with van der Waals surface area (Å²) in [7, 11) is 0. The predicted octanol–water partition coefficient (Wildman–Crippen LogP) is 7.83. The highest BCUT2D eigenvalue weighted by Gasteiger charge is 2.38. The van der Waals surface area contributed by atoms with Crippen LogP contribution in [0.15, 0.2) is 91.0 Å². The number of hydrogen-bond acceptors (Lipinski definition) is 2. The Bertz CT molecular complexity index is 1140. The van der Waals surface area contributed by atoms with Gasteiger partial charge < -0.3 is 5.32 Å².